The predicted octanol–water partition coefficient (Wildman–Crippen LogP) is 4.24. The predicted molar refractivity (Wildman–Crippen MR) is 108 cm³/mol. The van der Waals surface area contributed by atoms with Gasteiger partial charge in [-0.1, -0.05) is 42.1 Å². The van der Waals surface area contributed by atoms with E-state index in [1.165, 1.54) is 10.4 Å². The van der Waals surface area contributed by atoms with Crippen molar-refractivity contribution in [1.82, 2.24) is 9.55 Å². The highest BCUT2D eigenvalue weighted by atomic mass is 32.2. The van der Waals surface area contributed by atoms with Gasteiger partial charge in [0.25, 0.3) is 5.56 Å². The minimum atomic E-state index is 0.0669. The number of thioether (sulfide) groups is 1. The average molecular weight is 385 g/mol. The summed E-state index contributed by atoms with van der Waals surface area (Å²) in [5.74, 6) is 0.938. The first-order valence-corrected chi connectivity index (χ1v) is 10.7. The summed E-state index contributed by atoms with van der Waals surface area (Å²) in [6.07, 6.45) is 4.50. The van der Waals surface area contributed by atoms with Gasteiger partial charge in [-0.25, -0.2) is 4.98 Å². The third-order valence-electron chi connectivity index (χ3n) is 4.78. The molecule has 134 valence electrons. The maximum atomic E-state index is 12.8. The number of carbonyl (C=O) groups excluding carboxylic acids is 1. The minimum Gasteiger partial charge on any atom is -0.294 e. The van der Waals surface area contributed by atoms with Gasteiger partial charge in [-0.2, -0.15) is 0 Å². The van der Waals surface area contributed by atoms with Crippen molar-refractivity contribution >= 4 is 39.1 Å². The van der Waals surface area contributed by atoms with Crippen LogP contribution < -0.4 is 5.56 Å². The molecule has 0 radical (unpaired) electrons. The molecule has 0 fully saturated rings. The molecule has 2 heterocycles. The molecule has 3 aromatic rings. The summed E-state index contributed by atoms with van der Waals surface area (Å²) in [7, 11) is 1.80. The van der Waals surface area contributed by atoms with Crippen LogP contribution in [0.5, 0.6) is 0 Å². The zero-order valence-electron chi connectivity index (χ0n) is 14.7. The summed E-state index contributed by atoms with van der Waals surface area (Å²) in [5.41, 5.74) is 2.05. The molecule has 0 atom stereocenters. The summed E-state index contributed by atoms with van der Waals surface area (Å²) in [4.78, 5) is 31.9. The van der Waals surface area contributed by atoms with Gasteiger partial charge in [-0.15, -0.1) is 11.3 Å². The van der Waals surface area contributed by atoms with E-state index in [1.807, 2.05) is 30.3 Å². The van der Waals surface area contributed by atoms with Crippen molar-refractivity contribution in [2.45, 2.75) is 37.3 Å². The maximum absolute atomic E-state index is 12.8. The summed E-state index contributed by atoms with van der Waals surface area (Å²) in [5, 5.41) is 1.57. The van der Waals surface area contributed by atoms with Gasteiger partial charge < -0.3 is 0 Å². The van der Waals surface area contributed by atoms with E-state index < -0.39 is 0 Å². The van der Waals surface area contributed by atoms with Crippen molar-refractivity contribution in [3.8, 4) is 0 Å². The number of rotatable bonds is 6. The SMILES string of the molecule is Cn1c(SCCCC(=O)c2ccccc2)nc2sc3c(c2c1=O)CCC3. The largest absolute Gasteiger partial charge is 0.294 e. The summed E-state index contributed by atoms with van der Waals surface area (Å²) in [6.45, 7) is 0. The minimum absolute atomic E-state index is 0.0669. The fourth-order valence-corrected chi connectivity index (χ4v) is 5.61. The number of Topliss-reactive ketones (excluding diaryl/α,β-unsaturated/α-hetero) is 1. The Morgan fingerprint density at radius 1 is 1.27 bits per heavy atom. The van der Waals surface area contributed by atoms with Gasteiger partial charge in [-0.3, -0.25) is 14.2 Å². The van der Waals surface area contributed by atoms with Crippen molar-refractivity contribution in [3.63, 3.8) is 0 Å². The number of hydrogen-bond donors (Lipinski definition) is 0. The molecule has 0 saturated heterocycles. The lowest BCUT2D eigenvalue weighted by molar-refractivity contribution is 0.0982. The van der Waals surface area contributed by atoms with Crippen LogP contribution in [-0.2, 0) is 19.9 Å². The first kappa shape index (κ1) is 17.5. The van der Waals surface area contributed by atoms with Crippen LogP contribution in [0.2, 0.25) is 0 Å². The molecule has 26 heavy (non-hydrogen) atoms. The Morgan fingerprint density at radius 3 is 2.88 bits per heavy atom. The van der Waals surface area contributed by atoms with Crippen LogP contribution in [-0.4, -0.2) is 21.1 Å². The van der Waals surface area contributed by atoms with E-state index in [0.29, 0.717) is 6.42 Å². The normalized spacial score (nSPS) is 13.3. The smallest absolute Gasteiger partial charge is 0.262 e. The van der Waals surface area contributed by atoms with Gasteiger partial charge in [0.15, 0.2) is 10.9 Å². The Bertz CT molecular complexity index is 1020. The molecule has 0 spiro atoms. The summed E-state index contributed by atoms with van der Waals surface area (Å²) >= 11 is 3.23. The lowest BCUT2D eigenvalue weighted by Crippen LogP contribution is -2.20. The van der Waals surface area contributed by atoms with E-state index in [4.69, 9.17) is 4.98 Å². The molecule has 4 nitrogen and oxygen atoms in total. The van der Waals surface area contributed by atoms with Crippen LogP contribution in [0, 0.1) is 0 Å². The molecule has 0 amide bonds. The Balaban J connectivity index is 1.44. The molecule has 2 aromatic heterocycles. The van der Waals surface area contributed by atoms with E-state index in [0.717, 1.165) is 52.4 Å². The molecule has 0 N–H and O–H groups in total. The molecule has 0 bridgehead atoms. The highest BCUT2D eigenvalue weighted by molar-refractivity contribution is 7.99. The van der Waals surface area contributed by atoms with E-state index in [1.54, 1.807) is 34.7 Å². The van der Waals surface area contributed by atoms with Gasteiger partial charge in [0.05, 0.1) is 5.39 Å². The molecule has 1 aliphatic rings. The van der Waals surface area contributed by atoms with Crippen molar-refractivity contribution in [2.24, 2.45) is 7.05 Å². The average Bonchev–Trinajstić information content (AvgIpc) is 3.23. The van der Waals surface area contributed by atoms with Crippen molar-refractivity contribution in [2.75, 3.05) is 5.75 Å². The number of carbonyl (C=O) groups is 1. The van der Waals surface area contributed by atoms with E-state index in [2.05, 4.69) is 0 Å². The number of nitrogens with zero attached hydrogens (tertiary/aromatic N) is 2. The number of thiophene rings is 1. The van der Waals surface area contributed by atoms with Crippen molar-refractivity contribution in [3.05, 3.63) is 56.7 Å². The fraction of sp³-hybridized carbons (Fsp3) is 0.350. The van der Waals surface area contributed by atoms with Crippen LogP contribution >= 0.6 is 23.1 Å². The second kappa shape index (κ2) is 7.37. The summed E-state index contributed by atoms with van der Waals surface area (Å²) < 4.78 is 1.66. The second-order valence-electron chi connectivity index (χ2n) is 6.54. The highest BCUT2D eigenvalue weighted by Gasteiger charge is 2.22. The third kappa shape index (κ3) is 3.23. The standard InChI is InChI=1S/C20H20N2O2S2/c1-22-19(24)17-14-9-5-11-16(14)26-18(17)21-20(22)25-12-6-10-15(23)13-7-3-2-4-8-13/h2-4,7-8H,5-6,9-12H2,1H3. The van der Waals surface area contributed by atoms with Gasteiger partial charge >= 0.3 is 0 Å². The Morgan fingerprint density at radius 2 is 2.08 bits per heavy atom. The molecule has 6 heteroatoms. The molecule has 0 saturated carbocycles. The van der Waals surface area contributed by atoms with Gasteiger partial charge in [0.2, 0.25) is 0 Å². The number of aromatic nitrogens is 2. The van der Waals surface area contributed by atoms with E-state index in [-0.39, 0.29) is 11.3 Å². The van der Waals surface area contributed by atoms with E-state index in [9.17, 15) is 9.59 Å². The lowest BCUT2D eigenvalue weighted by Gasteiger charge is -2.07. The first-order chi connectivity index (χ1) is 12.6. The first-order valence-electron chi connectivity index (χ1n) is 8.87. The number of ketones is 1. The number of benzene rings is 1. The monoisotopic (exact) mass is 384 g/mol. The Kier molecular flexibility index (Phi) is 4.96. The fourth-order valence-electron chi connectivity index (χ4n) is 3.40. The molecule has 1 aliphatic carbocycles. The Labute approximate surface area is 160 Å². The van der Waals surface area contributed by atoms with Crippen LogP contribution in [0.4, 0.5) is 0 Å². The quantitative estimate of drug-likeness (QED) is 0.276. The topological polar surface area (TPSA) is 52.0 Å². The maximum Gasteiger partial charge on any atom is 0.262 e. The van der Waals surface area contributed by atoms with Crippen molar-refractivity contribution in [1.29, 1.82) is 0 Å². The highest BCUT2D eigenvalue weighted by Crippen LogP contribution is 2.35. The van der Waals surface area contributed by atoms with Gasteiger partial charge in [0.1, 0.15) is 4.83 Å². The number of aryl methyl sites for hydroxylation is 2. The second-order valence-corrected chi connectivity index (χ2v) is 8.68. The van der Waals surface area contributed by atoms with E-state index >= 15 is 0 Å². The van der Waals surface area contributed by atoms with Crippen molar-refractivity contribution < 1.29 is 4.79 Å². The molecular formula is C20H20N2O2S2. The number of fused-ring (bicyclic) bond motifs is 3. The zero-order chi connectivity index (χ0) is 18.1. The van der Waals surface area contributed by atoms with Crippen LogP contribution in [0.25, 0.3) is 10.2 Å². The molecule has 0 unspecified atom stereocenters. The summed E-state index contributed by atoms with van der Waals surface area (Å²) in [6, 6.07) is 9.38. The van der Waals surface area contributed by atoms with Gasteiger partial charge in [-0.05, 0) is 31.2 Å². The van der Waals surface area contributed by atoms with Crippen LogP contribution in [0.15, 0.2) is 40.3 Å². The lowest BCUT2D eigenvalue weighted by atomic mass is 10.1. The molecule has 4 rings (SSSR count). The van der Waals surface area contributed by atoms with Crippen LogP contribution in [0.1, 0.15) is 40.1 Å². The third-order valence-corrected chi connectivity index (χ3v) is 7.08. The molecule has 0 aliphatic heterocycles. The molecular weight excluding hydrogens is 364 g/mol. The van der Waals surface area contributed by atoms with Crippen LogP contribution in [0.3, 0.4) is 0 Å². The Hall–Kier alpha value is -1.92. The molecule has 1 aromatic carbocycles. The zero-order valence-corrected chi connectivity index (χ0v) is 16.3. The number of hydrogen-bond acceptors (Lipinski definition) is 5. The van der Waals surface area contributed by atoms with Gasteiger partial charge in [0, 0.05) is 29.7 Å².